The fourth-order valence-electron chi connectivity index (χ4n) is 3.25. The Morgan fingerprint density at radius 3 is 2.38 bits per heavy atom. The first-order valence-electron chi connectivity index (χ1n) is 8.65. The van der Waals surface area contributed by atoms with Crippen molar-refractivity contribution >= 4 is 28.9 Å². The van der Waals surface area contributed by atoms with Crippen molar-refractivity contribution in [1.29, 1.82) is 0 Å². The molecule has 3 nitrogen and oxygen atoms in total. The van der Waals surface area contributed by atoms with Gasteiger partial charge in [0.1, 0.15) is 11.5 Å². The Balaban J connectivity index is 0.000000758. The van der Waals surface area contributed by atoms with Crippen LogP contribution < -0.4 is 4.74 Å². The monoisotopic (exact) mass is 469 g/mol. The summed E-state index contributed by atoms with van der Waals surface area (Å²) in [6.07, 6.45) is 7.75. The van der Waals surface area contributed by atoms with Gasteiger partial charge < -0.3 is 9.84 Å². The first-order chi connectivity index (χ1) is 12.7. The summed E-state index contributed by atoms with van der Waals surface area (Å²) in [6.45, 7) is 0. The molecule has 2 aromatic carbocycles. The summed E-state index contributed by atoms with van der Waals surface area (Å²) < 4.78 is 5.42. The molecule has 0 aliphatic heterocycles. The van der Waals surface area contributed by atoms with Crippen LogP contribution in [0.15, 0.2) is 47.5 Å². The first kappa shape index (κ1) is 21.5. The van der Waals surface area contributed by atoms with Gasteiger partial charge in [0.15, 0.2) is 0 Å². The minimum absolute atomic E-state index is 0.345. The van der Waals surface area contributed by atoms with Crippen molar-refractivity contribution in [3.05, 3.63) is 53.6 Å². The van der Waals surface area contributed by atoms with E-state index >= 15 is 0 Å². The number of rotatable bonds is 4. The summed E-state index contributed by atoms with van der Waals surface area (Å²) in [5.74, 6) is 1.54. The van der Waals surface area contributed by atoms with Gasteiger partial charge in [0.2, 0.25) is 0 Å². The third-order valence-corrected chi connectivity index (χ3v) is 4.53. The molecule has 0 aromatic heterocycles. The van der Waals surface area contributed by atoms with E-state index in [1.807, 2.05) is 42.5 Å². The number of hydrogen-bond donors (Lipinski definition) is 1. The molecule has 0 unspecified atom stereocenters. The number of nitrogens with zero attached hydrogens (tertiary/aromatic N) is 1. The van der Waals surface area contributed by atoms with E-state index in [1.165, 1.54) is 19.3 Å². The van der Waals surface area contributed by atoms with Gasteiger partial charge in [-0.2, -0.15) is 0 Å². The number of aliphatic imine (C=N–C) groups is 1. The third-order valence-electron chi connectivity index (χ3n) is 4.53. The fraction of sp³-hybridized carbons (Fsp3) is 0.350. The molecule has 1 aliphatic rings. The van der Waals surface area contributed by atoms with Crippen LogP contribution in [0.1, 0.15) is 49.1 Å². The van der Waals surface area contributed by atoms with E-state index in [0.717, 1.165) is 29.8 Å². The predicted molar refractivity (Wildman–Crippen MR) is 106 cm³/mol. The predicted octanol–water partition coefficient (Wildman–Crippen LogP) is 6.58. The number of phenolic OH excluding ortho intramolecular Hbond substituents is 1. The van der Waals surface area contributed by atoms with Crippen molar-refractivity contribution in [1.82, 2.24) is 0 Å². The Morgan fingerprint density at radius 1 is 1.12 bits per heavy atom. The molecule has 3 rings (SSSR count). The molecule has 0 radical (unpaired) electrons. The Hall–Kier alpha value is -0.827. The molecule has 2 aromatic rings. The molecule has 0 bridgehead atoms. The summed E-state index contributed by atoms with van der Waals surface area (Å²) in [4.78, 5) is 4.46. The average Bonchev–Trinajstić information content (AvgIpc) is 2.69. The third kappa shape index (κ3) is 6.41. The molecule has 138 valence electrons. The van der Waals surface area contributed by atoms with E-state index < -0.39 is 20.8 Å². The molecule has 0 heterocycles. The van der Waals surface area contributed by atoms with Gasteiger partial charge in [-0.1, -0.05) is 37.5 Å². The second-order valence-corrected chi connectivity index (χ2v) is 9.89. The van der Waals surface area contributed by atoms with Gasteiger partial charge in [0.05, 0.1) is 12.8 Å². The Bertz CT molecular complexity index is 704. The summed E-state index contributed by atoms with van der Waals surface area (Å²) in [6, 6.07) is 13.6. The number of benzene rings is 2. The normalized spacial score (nSPS) is 14.6. The molecular weight excluding hydrogens is 448 g/mol. The Kier molecular flexibility index (Phi) is 9.74. The molecule has 0 saturated heterocycles. The van der Waals surface area contributed by atoms with Gasteiger partial charge >= 0.3 is 37.9 Å². The van der Waals surface area contributed by atoms with Crippen LogP contribution in [0.5, 0.6) is 11.5 Å². The zero-order valence-electron chi connectivity index (χ0n) is 14.8. The summed E-state index contributed by atoms with van der Waals surface area (Å²) in [7, 11) is 11.5. The van der Waals surface area contributed by atoms with Crippen LogP contribution in [0, 0.1) is 0 Å². The fourth-order valence-corrected chi connectivity index (χ4v) is 3.25. The molecule has 1 aliphatic carbocycles. The zero-order chi connectivity index (χ0) is 18.8. The average molecular weight is 472 g/mol. The molecular formula is C20H23Cl2NO2Zr. The molecule has 0 spiro atoms. The SMILES string of the molecule is COc1cc(C=Nc2ccccc2)c(O)c(C2CCCCC2)c1.[Cl][Zr][Cl]. The van der Waals surface area contributed by atoms with Crippen molar-refractivity contribution in [2.75, 3.05) is 7.11 Å². The molecule has 26 heavy (non-hydrogen) atoms. The quantitative estimate of drug-likeness (QED) is 0.512. The molecule has 6 heteroatoms. The summed E-state index contributed by atoms with van der Waals surface area (Å²) >= 11 is -0.826. The van der Waals surface area contributed by atoms with Gasteiger partial charge in [-0.25, -0.2) is 0 Å². The van der Waals surface area contributed by atoms with Crippen molar-refractivity contribution in [3.63, 3.8) is 0 Å². The second kappa shape index (κ2) is 11.8. The van der Waals surface area contributed by atoms with Gasteiger partial charge in [-0.15, -0.1) is 0 Å². The van der Waals surface area contributed by atoms with Crippen LogP contribution in [-0.4, -0.2) is 18.4 Å². The van der Waals surface area contributed by atoms with Crippen molar-refractivity contribution in [2.45, 2.75) is 38.0 Å². The molecule has 1 fully saturated rings. The van der Waals surface area contributed by atoms with E-state index in [1.54, 1.807) is 13.3 Å². The van der Waals surface area contributed by atoms with Crippen LogP contribution in [0.2, 0.25) is 0 Å². The summed E-state index contributed by atoms with van der Waals surface area (Å²) in [5.41, 5.74) is 2.58. The second-order valence-electron chi connectivity index (χ2n) is 6.15. The maximum atomic E-state index is 10.7. The van der Waals surface area contributed by atoms with Crippen molar-refractivity contribution in [3.8, 4) is 11.5 Å². The standard InChI is InChI=1S/C20H23NO2.2ClH.Zr/c1-23-18-12-16(14-21-17-10-6-3-7-11-17)20(22)19(13-18)15-8-4-2-5-9-15;;;/h3,6-7,10-15,22H,2,4-5,8-9H2,1H3;2*1H;/q;;;+2/p-2. The minimum atomic E-state index is -0.826. The number of phenols is 1. The van der Waals surface area contributed by atoms with Gasteiger partial charge in [-0.05, 0) is 43.0 Å². The molecule has 1 saturated carbocycles. The zero-order valence-corrected chi connectivity index (χ0v) is 18.8. The van der Waals surface area contributed by atoms with Crippen molar-refractivity contribution in [2.24, 2.45) is 4.99 Å². The number of para-hydroxylation sites is 1. The number of halogens is 2. The Morgan fingerprint density at radius 2 is 1.77 bits per heavy atom. The van der Waals surface area contributed by atoms with E-state index in [9.17, 15) is 5.11 Å². The molecule has 0 atom stereocenters. The van der Waals surface area contributed by atoms with Gasteiger partial charge in [0, 0.05) is 17.3 Å². The molecule has 0 amide bonds. The number of aromatic hydroxyl groups is 1. The maximum absolute atomic E-state index is 10.7. The van der Waals surface area contributed by atoms with Crippen LogP contribution >= 0.6 is 17.0 Å². The van der Waals surface area contributed by atoms with Gasteiger partial charge in [-0.3, -0.25) is 4.99 Å². The topological polar surface area (TPSA) is 41.8 Å². The van der Waals surface area contributed by atoms with Gasteiger partial charge in [0.25, 0.3) is 0 Å². The van der Waals surface area contributed by atoms with Crippen LogP contribution in [0.3, 0.4) is 0 Å². The first-order valence-corrected chi connectivity index (χ1v) is 15.0. The summed E-state index contributed by atoms with van der Waals surface area (Å²) in [5, 5.41) is 10.7. The number of ether oxygens (including phenoxy) is 1. The molecule has 1 N–H and O–H groups in total. The van der Waals surface area contributed by atoms with Crippen molar-refractivity contribution < 1.29 is 30.7 Å². The number of hydrogen-bond acceptors (Lipinski definition) is 3. The Labute approximate surface area is 174 Å². The van der Waals surface area contributed by atoms with E-state index in [-0.39, 0.29) is 0 Å². The van der Waals surface area contributed by atoms with Crippen LogP contribution in [0.25, 0.3) is 0 Å². The van der Waals surface area contributed by atoms with E-state index in [2.05, 4.69) is 4.99 Å². The number of methoxy groups -OCH3 is 1. The van der Waals surface area contributed by atoms with Crippen LogP contribution in [0.4, 0.5) is 5.69 Å². The van der Waals surface area contributed by atoms with E-state index in [0.29, 0.717) is 17.2 Å². The van der Waals surface area contributed by atoms with E-state index in [4.69, 9.17) is 21.8 Å². The van der Waals surface area contributed by atoms with Crippen LogP contribution in [-0.2, 0) is 20.8 Å².